The lowest BCUT2D eigenvalue weighted by Gasteiger charge is -2.27. The molecule has 1 aliphatic rings. The van der Waals surface area contributed by atoms with Crippen LogP contribution in [0.4, 0.5) is 16.3 Å². The summed E-state index contributed by atoms with van der Waals surface area (Å²) in [5.41, 5.74) is 3.55. The Kier molecular flexibility index (Phi) is 6.71. The number of nitrogens with one attached hydrogen (secondary N) is 1. The number of hydrogen-bond acceptors (Lipinski definition) is 7. The minimum absolute atomic E-state index is 0.222. The van der Waals surface area contributed by atoms with Crippen molar-refractivity contribution in [2.75, 3.05) is 11.9 Å². The van der Waals surface area contributed by atoms with Crippen LogP contribution in [0.15, 0.2) is 49.1 Å². The zero-order valence-corrected chi connectivity index (χ0v) is 23.0. The van der Waals surface area contributed by atoms with Crippen LogP contribution in [0, 0.1) is 6.92 Å². The molecule has 4 heterocycles. The molecule has 1 fully saturated rings. The molecule has 0 saturated heterocycles. The number of fused-ring (bicyclic) bond motifs is 1. The number of hydrogen-bond donors (Lipinski definition) is 1. The maximum absolute atomic E-state index is 13.4. The molecule has 0 unspecified atom stereocenters. The molecule has 1 aliphatic carbocycles. The number of nitrogens with zero attached hydrogens (tertiary/aromatic N) is 5. The molecular formula is C29H32N6O4. The largest absolute Gasteiger partial charge is 0.474 e. The molecule has 5 rings (SSSR count). The van der Waals surface area contributed by atoms with Crippen LogP contribution >= 0.6 is 0 Å². The molecule has 10 nitrogen and oxygen atoms in total. The normalized spacial score (nSPS) is 13.3. The van der Waals surface area contributed by atoms with Gasteiger partial charge >= 0.3 is 6.09 Å². The second kappa shape index (κ2) is 10.0. The number of rotatable bonds is 6. The Morgan fingerprint density at radius 1 is 1.08 bits per heavy atom. The van der Waals surface area contributed by atoms with E-state index in [1.54, 1.807) is 37.8 Å². The molecule has 0 atom stereocenters. The molecule has 0 aliphatic heterocycles. The summed E-state index contributed by atoms with van der Waals surface area (Å²) in [7, 11) is 3.46. The molecule has 0 radical (unpaired) electrons. The Labute approximate surface area is 227 Å². The average molecular weight is 529 g/mol. The number of aryl methyl sites for hydroxylation is 2. The summed E-state index contributed by atoms with van der Waals surface area (Å²) in [4.78, 5) is 40.6. The number of carbonyl (C=O) groups excluding carboxylic acids is 2. The van der Waals surface area contributed by atoms with E-state index in [0.717, 1.165) is 40.4 Å². The standard InChI is InChI=1S/C29H32N6O4/c1-17-13-23(32-15-21(17)22-16-34(6)26-20(22)11-12-31-25(26)27(36)30-5)35(28(37)39-29(2,3)4)18-7-10-24(33-14-18)38-19-8-9-19/h7,10-16,19H,8-9H2,1-6H3,(H,30,36). The first kappa shape index (κ1) is 26.1. The molecule has 10 heteroatoms. The van der Waals surface area contributed by atoms with Crippen LogP contribution in [0.25, 0.3) is 22.0 Å². The Balaban J connectivity index is 1.55. The maximum atomic E-state index is 13.4. The zero-order chi connectivity index (χ0) is 27.9. The molecule has 39 heavy (non-hydrogen) atoms. The van der Waals surface area contributed by atoms with Gasteiger partial charge in [-0.3, -0.25) is 4.79 Å². The highest BCUT2D eigenvalue weighted by molar-refractivity contribution is 6.08. The second-order valence-corrected chi connectivity index (χ2v) is 10.6. The predicted molar refractivity (Wildman–Crippen MR) is 148 cm³/mol. The van der Waals surface area contributed by atoms with Crippen LogP contribution in [-0.4, -0.2) is 50.3 Å². The Hall–Kier alpha value is -4.47. The van der Waals surface area contributed by atoms with Crippen molar-refractivity contribution in [3.63, 3.8) is 0 Å². The fourth-order valence-corrected chi connectivity index (χ4v) is 4.37. The SMILES string of the molecule is CNC(=O)c1nccc2c(-c3cnc(N(C(=O)OC(C)(C)C)c4ccc(OC5CC5)nc4)cc3C)cn(C)c12. The lowest BCUT2D eigenvalue weighted by atomic mass is 10.0. The number of amides is 2. The van der Waals surface area contributed by atoms with Gasteiger partial charge in [-0.15, -0.1) is 0 Å². The number of ether oxygens (including phenoxy) is 2. The van der Waals surface area contributed by atoms with Gasteiger partial charge in [0.05, 0.1) is 17.4 Å². The zero-order valence-electron chi connectivity index (χ0n) is 23.0. The van der Waals surface area contributed by atoms with E-state index in [1.165, 1.54) is 4.90 Å². The Morgan fingerprint density at radius 2 is 1.85 bits per heavy atom. The summed E-state index contributed by atoms with van der Waals surface area (Å²) >= 11 is 0. The summed E-state index contributed by atoms with van der Waals surface area (Å²) in [6.07, 6.45) is 8.62. The third-order valence-corrected chi connectivity index (χ3v) is 6.31. The van der Waals surface area contributed by atoms with Gasteiger partial charge < -0.3 is 19.4 Å². The van der Waals surface area contributed by atoms with E-state index in [9.17, 15) is 9.59 Å². The highest BCUT2D eigenvalue weighted by Gasteiger charge is 2.28. The van der Waals surface area contributed by atoms with E-state index in [1.807, 2.05) is 57.6 Å². The molecule has 0 spiro atoms. The maximum Gasteiger partial charge on any atom is 0.420 e. The van der Waals surface area contributed by atoms with Gasteiger partial charge in [0.25, 0.3) is 5.91 Å². The van der Waals surface area contributed by atoms with Crippen molar-refractivity contribution in [3.8, 4) is 17.0 Å². The highest BCUT2D eigenvalue weighted by Crippen LogP contribution is 2.36. The van der Waals surface area contributed by atoms with Crippen molar-refractivity contribution in [2.45, 2.75) is 52.2 Å². The first-order chi connectivity index (χ1) is 18.6. The number of anilines is 2. The van der Waals surface area contributed by atoms with Gasteiger partial charge in [0.15, 0.2) is 5.69 Å². The van der Waals surface area contributed by atoms with E-state index < -0.39 is 11.7 Å². The van der Waals surface area contributed by atoms with Crippen LogP contribution in [0.3, 0.4) is 0 Å². The first-order valence-corrected chi connectivity index (χ1v) is 12.8. The van der Waals surface area contributed by atoms with Crippen molar-refractivity contribution < 1.29 is 19.1 Å². The minimum atomic E-state index is -0.702. The number of pyridine rings is 3. The van der Waals surface area contributed by atoms with E-state index in [2.05, 4.69) is 20.3 Å². The smallest absolute Gasteiger partial charge is 0.420 e. The average Bonchev–Trinajstić information content (AvgIpc) is 3.64. The molecule has 2 amide bonds. The van der Waals surface area contributed by atoms with Crippen molar-refractivity contribution in [3.05, 3.63) is 60.3 Å². The van der Waals surface area contributed by atoms with E-state index >= 15 is 0 Å². The van der Waals surface area contributed by atoms with Crippen LogP contribution in [0.2, 0.25) is 0 Å². The summed E-state index contributed by atoms with van der Waals surface area (Å²) < 4.78 is 13.4. The quantitative estimate of drug-likeness (QED) is 0.361. The number of aromatic nitrogens is 4. The molecule has 4 aromatic rings. The lowest BCUT2D eigenvalue weighted by Crippen LogP contribution is -2.34. The Morgan fingerprint density at radius 3 is 2.46 bits per heavy atom. The van der Waals surface area contributed by atoms with Crippen molar-refractivity contribution in [2.24, 2.45) is 7.05 Å². The van der Waals surface area contributed by atoms with Gasteiger partial charge in [0.2, 0.25) is 5.88 Å². The predicted octanol–water partition coefficient (Wildman–Crippen LogP) is 5.31. The molecule has 202 valence electrons. The fraction of sp³-hybridized carbons (Fsp3) is 0.345. The lowest BCUT2D eigenvalue weighted by molar-refractivity contribution is 0.0597. The second-order valence-electron chi connectivity index (χ2n) is 10.6. The minimum Gasteiger partial charge on any atom is -0.474 e. The first-order valence-electron chi connectivity index (χ1n) is 12.8. The molecule has 1 saturated carbocycles. The summed E-state index contributed by atoms with van der Waals surface area (Å²) in [6.45, 7) is 7.41. The van der Waals surface area contributed by atoms with E-state index in [-0.39, 0.29) is 12.0 Å². The van der Waals surface area contributed by atoms with Gasteiger partial charge in [0.1, 0.15) is 17.5 Å². The summed E-state index contributed by atoms with van der Waals surface area (Å²) in [5.74, 6) is 0.663. The summed E-state index contributed by atoms with van der Waals surface area (Å²) in [6, 6.07) is 7.25. The van der Waals surface area contributed by atoms with Gasteiger partial charge in [0, 0.05) is 55.3 Å². The molecule has 4 aromatic heterocycles. The van der Waals surface area contributed by atoms with Crippen molar-refractivity contribution in [1.29, 1.82) is 0 Å². The van der Waals surface area contributed by atoms with Gasteiger partial charge in [-0.1, -0.05) is 0 Å². The monoisotopic (exact) mass is 528 g/mol. The van der Waals surface area contributed by atoms with Crippen LogP contribution < -0.4 is 15.0 Å². The van der Waals surface area contributed by atoms with E-state index in [0.29, 0.717) is 23.1 Å². The van der Waals surface area contributed by atoms with Crippen molar-refractivity contribution in [1.82, 2.24) is 24.8 Å². The highest BCUT2D eigenvalue weighted by atomic mass is 16.6. The topological polar surface area (TPSA) is 111 Å². The van der Waals surface area contributed by atoms with Crippen molar-refractivity contribution >= 4 is 34.4 Å². The van der Waals surface area contributed by atoms with Crippen LogP contribution in [0.5, 0.6) is 5.88 Å². The number of carbonyl (C=O) groups is 2. The fourth-order valence-electron chi connectivity index (χ4n) is 4.37. The van der Waals surface area contributed by atoms with Crippen LogP contribution in [0.1, 0.15) is 49.7 Å². The van der Waals surface area contributed by atoms with Gasteiger partial charge in [-0.2, -0.15) is 0 Å². The third kappa shape index (κ3) is 5.41. The summed E-state index contributed by atoms with van der Waals surface area (Å²) in [5, 5.41) is 3.53. The Bertz CT molecular complexity index is 1550. The van der Waals surface area contributed by atoms with Crippen LogP contribution in [-0.2, 0) is 11.8 Å². The van der Waals surface area contributed by atoms with Gasteiger partial charge in [-0.25, -0.2) is 24.6 Å². The van der Waals surface area contributed by atoms with E-state index in [4.69, 9.17) is 9.47 Å². The third-order valence-electron chi connectivity index (χ3n) is 6.31. The molecule has 0 aromatic carbocycles. The van der Waals surface area contributed by atoms with Gasteiger partial charge in [-0.05, 0) is 64.3 Å². The molecule has 1 N–H and O–H groups in total. The molecular weight excluding hydrogens is 496 g/mol. The molecule has 0 bridgehead atoms.